The van der Waals surface area contributed by atoms with Crippen molar-refractivity contribution in [1.29, 1.82) is 0 Å². The fraction of sp³-hybridized carbons (Fsp3) is 0.304. The molecular weight excluding hydrogens is 461 g/mol. The Balaban J connectivity index is 1.28. The molecule has 0 unspecified atom stereocenters. The second-order valence-corrected chi connectivity index (χ2v) is 8.36. The van der Waals surface area contributed by atoms with Gasteiger partial charge in [0, 0.05) is 44.1 Å². The predicted octanol–water partition coefficient (Wildman–Crippen LogP) is 3.41. The highest BCUT2D eigenvalue weighted by Gasteiger charge is 2.34. The number of aryl methyl sites for hydroxylation is 1. The van der Waals surface area contributed by atoms with Gasteiger partial charge in [-0.2, -0.15) is 23.3 Å². The zero-order chi connectivity index (χ0) is 24.6. The highest BCUT2D eigenvalue weighted by Crippen LogP contribution is 2.32. The first kappa shape index (κ1) is 22.7. The Hall–Kier alpha value is -4.09. The third kappa shape index (κ3) is 4.77. The van der Waals surface area contributed by atoms with Crippen molar-refractivity contribution in [3.8, 4) is 0 Å². The molecule has 1 amide bonds. The van der Waals surface area contributed by atoms with E-state index in [1.165, 1.54) is 18.2 Å². The first-order valence-corrected chi connectivity index (χ1v) is 11.1. The molecule has 182 valence electrons. The van der Waals surface area contributed by atoms with Crippen molar-refractivity contribution < 1.29 is 18.0 Å². The van der Waals surface area contributed by atoms with Gasteiger partial charge < -0.3 is 15.1 Å². The van der Waals surface area contributed by atoms with Gasteiger partial charge in [-0.1, -0.05) is 18.2 Å². The Morgan fingerprint density at radius 2 is 1.89 bits per heavy atom. The van der Waals surface area contributed by atoms with Crippen LogP contribution in [-0.4, -0.2) is 61.8 Å². The minimum atomic E-state index is -4.50. The van der Waals surface area contributed by atoms with Crippen LogP contribution in [0.1, 0.15) is 16.8 Å². The number of hydrogen-bond acceptors (Lipinski definition) is 6. The van der Waals surface area contributed by atoms with Crippen molar-refractivity contribution in [2.45, 2.75) is 19.5 Å². The molecule has 12 heteroatoms. The monoisotopic (exact) mass is 484 g/mol. The van der Waals surface area contributed by atoms with E-state index in [2.05, 4.69) is 25.6 Å². The number of fused-ring (bicyclic) bond motifs is 1. The minimum absolute atomic E-state index is 0.0156. The summed E-state index contributed by atoms with van der Waals surface area (Å²) in [5, 5.41) is 14.9. The first-order chi connectivity index (χ1) is 16.8. The number of hydrogen-bond donors (Lipinski definition) is 2. The van der Waals surface area contributed by atoms with Crippen LogP contribution < -0.4 is 10.2 Å². The van der Waals surface area contributed by atoms with E-state index in [1.54, 1.807) is 9.42 Å². The van der Waals surface area contributed by atoms with Crippen LogP contribution in [0.4, 0.5) is 30.8 Å². The number of amides is 1. The predicted molar refractivity (Wildman–Crippen MR) is 124 cm³/mol. The van der Waals surface area contributed by atoms with Crippen LogP contribution in [0.15, 0.2) is 48.7 Å². The molecular formula is C23H23F3N8O. The highest BCUT2D eigenvalue weighted by atomic mass is 19.4. The number of alkyl halides is 3. The molecule has 35 heavy (non-hydrogen) atoms. The molecule has 0 atom stereocenters. The van der Waals surface area contributed by atoms with E-state index in [4.69, 9.17) is 0 Å². The van der Waals surface area contributed by atoms with E-state index in [-0.39, 0.29) is 17.9 Å². The molecule has 5 rings (SSSR count). The third-order valence-corrected chi connectivity index (χ3v) is 5.91. The van der Waals surface area contributed by atoms with Crippen molar-refractivity contribution in [2.75, 3.05) is 36.4 Å². The second-order valence-electron chi connectivity index (χ2n) is 8.36. The standard InChI is InChI=1S/C23H23F3N8O/c1-15-13-19(30-29-15)27-21-18-7-4-8-34(18)31-22(28-21)33-11-9-32(10-12-33)20(35)14-16-5-2-3-6-17(16)23(24,25)26/h2-8,13H,9-12,14H2,1H3,(H2,27,28,29,30,31). The Bertz CT molecular complexity index is 1350. The van der Waals surface area contributed by atoms with Gasteiger partial charge in [-0.15, -0.1) is 5.10 Å². The van der Waals surface area contributed by atoms with Crippen LogP contribution in [0.2, 0.25) is 0 Å². The lowest BCUT2D eigenvalue weighted by atomic mass is 10.0. The Morgan fingerprint density at radius 1 is 1.11 bits per heavy atom. The molecule has 0 bridgehead atoms. The van der Waals surface area contributed by atoms with Gasteiger partial charge in [0.15, 0.2) is 11.6 Å². The molecule has 1 aromatic carbocycles. The van der Waals surface area contributed by atoms with Gasteiger partial charge in [0.2, 0.25) is 11.9 Å². The maximum Gasteiger partial charge on any atom is 0.416 e. The van der Waals surface area contributed by atoms with E-state index in [0.717, 1.165) is 17.3 Å². The average Bonchev–Trinajstić information content (AvgIpc) is 3.47. The first-order valence-electron chi connectivity index (χ1n) is 11.1. The van der Waals surface area contributed by atoms with E-state index in [1.807, 2.05) is 36.2 Å². The van der Waals surface area contributed by atoms with E-state index < -0.39 is 11.7 Å². The number of aromatic amines is 1. The van der Waals surface area contributed by atoms with Crippen molar-refractivity contribution in [3.05, 3.63) is 65.5 Å². The number of benzene rings is 1. The number of halogens is 3. The number of aromatic nitrogens is 5. The smallest absolute Gasteiger partial charge is 0.339 e. The van der Waals surface area contributed by atoms with Crippen LogP contribution >= 0.6 is 0 Å². The second kappa shape index (κ2) is 8.93. The van der Waals surface area contributed by atoms with Crippen molar-refractivity contribution in [2.24, 2.45) is 0 Å². The number of carbonyl (C=O) groups is 1. The Labute approximate surface area is 198 Å². The highest BCUT2D eigenvalue weighted by molar-refractivity contribution is 5.79. The number of anilines is 3. The van der Waals surface area contributed by atoms with Gasteiger partial charge in [-0.05, 0) is 30.7 Å². The van der Waals surface area contributed by atoms with Gasteiger partial charge in [0.1, 0.15) is 5.52 Å². The molecule has 4 aromatic rings. The minimum Gasteiger partial charge on any atom is -0.339 e. The number of nitrogens with zero attached hydrogens (tertiary/aromatic N) is 6. The topological polar surface area (TPSA) is 94.5 Å². The molecule has 9 nitrogen and oxygen atoms in total. The number of piperazine rings is 1. The van der Waals surface area contributed by atoms with Crippen LogP contribution in [-0.2, 0) is 17.4 Å². The van der Waals surface area contributed by atoms with Gasteiger partial charge in [0.05, 0.1) is 12.0 Å². The van der Waals surface area contributed by atoms with Gasteiger partial charge in [-0.25, -0.2) is 4.52 Å². The lowest BCUT2D eigenvalue weighted by molar-refractivity contribution is -0.138. The molecule has 1 fully saturated rings. The van der Waals surface area contributed by atoms with Gasteiger partial charge >= 0.3 is 6.18 Å². The number of nitrogens with one attached hydrogen (secondary N) is 2. The molecule has 0 radical (unpaired) electrons. The quantitative estimate of drug-likeness (QED) is 0.451. The van der Waals surface area contributed by atoms with E-state index >= 15 is 0 Å². The van der Waals surface area contributed by atoms with Crippen LogP contribution in [0.25, 0.3) is 5.52 Å². The van der Waals surface area contributed by atoms with Gasteiger partial charge in [-0.3, -0.25) is 9.89 Å². The lowest BCUT2D eigenvalue weighted by Gasteiger charge is -2.35. The maximum absolute atomic E-state index is 13.3. The summed E-state index contributed by atoms with van der Waals surface area (Å²) in [7, 11) is 0. The van der Waals surface area contributed by atoms with E-state index in [9.17, 15) is 18.0 Å². The fourth-order valence-electron chi connectivity index (χ4n) is 4.13. The molecule has 0 saturated carbocycles. The zero-order valence-corrected chi connectivity index (χ0v) is 18.9. The number of H-pyrrole nitrogens is 1. The summed E-state index contributed by atoms with van der Waals surface area (Å²) in [6.07, 6.45) is -2.97. The molecule has 1 aliphatic rings. The largest absolute Gasteiger partial charge is 0.416 e. The van der Waals surface area contributed by atoms with Crippen molar-refractivity contribution in [1.82, 2.24) is 29.7 Å². The molecule has 1 saturated heterocycles. The molecule has 4 heterocycles. The third-order valence-electron chi connectivity index (χ3n) is 5.91. The zero-order valence-electron chi connectivity index (χ0n) is 18.9. The SMILES string of the molecule is Cc1cc(Nc2nc(N3CCN(C(=O)Cc4ccccc4C(F)(F)F)CC3)nn3cccc23)n[nH]1. The van der Waals surface area contributed by atoms with Crippen LogP contribution in [0.5, 0.6) is 0 Å². The van der Waals surface area contributed by atoms with Crippen LogP contribution in [0.3, 0.4) is 0 Å². The number of carbonyl (C=O) groups excluding carboxylic acids is 1. The van der Waals surface area contributed by atoms with Crippen molar-refractivity contribution >= 4 is 29.0 Å². The molecule has 3 aromatic heterocycles. The van der Waals surface area contributed by atoms with Crippen LogP contribution in [0, 0.1) is 6.92 Å². The summed E-state index contributed by atoms with van der Waals surface area (Å²) in [5.74, 6) is 1.37. The average molecular weight is 484 g/mol. The molecule has 1 aliphatic heterocycles. The molecule has 0 spiro atoms. The maximum atomic E-state index is 13.3. The summed E-state index contributed by atoms with van der Waals surface area (Å²) in [6, 6.07) is 10.8. The summed E-state index contributed by atoms with van der Waals surface area (Å²) in [6.45, 7) is 3.54. The molecule has 2 N–H and O–H groups in total. The lowest BCUT2D eigenvalue weighted by Crippen LogP contribution is -2.49. The van der Waals surface area contributed by atoms with Crippen molar-refractivity contribution in [3.63, 3.8) is 0 Å². The Morgan fingerprint density at radius 3 is 2.60 bits per heavy atom. The van der Waals surface area contributed by atoms with E-state index in [0.29, 0.717) is 43.8 Å². The Kier molecular flexibility index (Phi) is 5.79. The normalized spacial score (nSPS) is 14.5. The summed E-state index contributed by atoms with van der Waals surface area (Å²) < 4.78 is 41.6. The summed E-state index contributed by atoms with van der Waals surface area (Å²) >= 11 is 0. The molecule has 0 aliphatic carbocycles. The summed E-state index contributed by atoms with van der Waals surface area (Å²) in [4.78, 5) is 21.0. The fourth-order valence-corrected chi connectivity index (χ4v) is 4.13. The van der Waals surface area contributed by atoms with Gasteiger partial charge in [0.25, 0.3) is 0 Å². The summed E-state index contributed by atoms with van der Waals surface area (Å²) in [5.41, 5.74) is 0.907. The number of rotatable bonds is 5.